The second-order valence-corrected chi connectivity index (χ2v) is 5.53. The van der Waals surface area contributed by atoms with Crippen LogP contribution in [0.15, 0.2) is 23.1 Å². The number of ketones is 1. The summed E-state index contributed by atoms with van der Waals surface area (Å²) in [5.74, 6) is -0.215. The van der Waals surface area contributed by atoms with Crippen LogP contribution in [0.2, 0.25) is 0 Å². The van der Waals surface area contributed by atoms with E-state index in [0.29, 0.717) is 5.56 Å². The molecule has 0 heterocycles. The van der Waals surface area contributed by atoms with Crippen molar-refractivity contribution in [1.29, 1.82) is 0 Å². The van der Waals surface area contributed by atoms with E-state index in [2.05, 4.69) is 4.72 Å². The quantitative estimate of drug-likeness (QED) is 0.860. The summed E-state index contributed by atoms with van der Waals surface area (Å²) in [5.41, 5.74) is 1.68. The van der Waals surface area contributed by atoms with Gasteiger partial charge < -0.3 is 0 Å². The summed E-state index contributed by atoms with van der Waals surface area (Å²) in [6.45, 7) is 4.79. The molecule has 1 aromatic rings. The van der Waals surface area contributed by atoms with Crippen molar-refractivity contribution >= 4 is 15.8 Å². The van der Waals surface area contributed by atoms with E-state index in [9.17, 15) is 13.2 Å². The lowest BCUT2D eigenvalue weighted by Crippen LogP contribution is -2.28. The van der Waals surface area contributed by atoms with Crippen LogP contribution in [0.3, 0.4) is 0 Å². The molecule has 4 nitrogen and oxygen atoms in total. The predicted octanol–water partition coefficient (Wildman–Crippen LogP) is 1.17. The summed E-state index contributed by atoms with van der Waals surface area (Å²) < 4.78 is 25.9. The molecular weight excluding hydrogens is 226 g/mol. The molecular formula is C11H15NO3S. The number of hydrogen-bond donors (Lipinski definition) is 1. The normalized spacial score (nSPS) is 11.4. The molecule has 0 aliphatic rings. The van der Waals surface area contributed by atoms with Crippen LogP contribution < -0.4 is 4.72 Å². The van der Waals surface area contributed by atoms with Gasteiger partial charge in [-0.1, -0.05) is 17.7 Å². The number of carbonyl (C=O) groups excluding carboxylic acids is 1. The van der Waals surface area contributed by atoms with Gasteiger partial charge in [0.25, 0.3) is 0 Å². The molecule has 0 fully saturated rings. The van der Waals surface area contributed by atoms with Gasteiger partial charge >= 0.3 is 0 Å². The van der Waals surface area contributed by atoms with E-state index in [1.807, 2.05) is 6.92 Å². The van der Waals surface area contributed by atoms with Gasteiger partial charge in [-0.2, -0.15) is 0 Å². The van der Waals surface area contributed by atoms with E-state index in [1.165, 1.54) is 6.92 Å². The van der Waals surface area contributed by atoms with Gasteiger partial charge in [0.15, 0.2) is 0 Å². The number of hydrogen-bond acceptors (Lipinski definition) is 3. The zero-order valence-corrected chi connectivity index (χ0v) is 10.4. The van der Waals surface area contributed by atoms with Crippen LogP contribution in [0.25, 0.3) is 0 Å². The average molecular weight is 241 g/mol. The Balaban J connectivity index is 3.03. The van der Waals surface area contributed by atoms with Crippen molar-refractivity contribution in [2.45, 2.75) is 25.7 Å². The first-order chi connectivity index (χ1) is 7.33. The number of benzene rings is 1. The molecule has 88 valence electrons. The second-order valence-electron chi connectivity index (χ2n) is 3.80. The summed E-state index contributed by atoms with van der Waals surface area (Å²) >= 11 is 0. The third kappa shape index (κ3) is 3.15. The van der Waals surface area contributed by atoms with Crippen molar-refractivity contribution in [1.82, 2.24) is 4.72 Å². The van der Waals surface area contributed by atoms with Gasteiger partial charge in [-0.15, -0.1) is 0 Å². The van der Waals surface area contributed by atoms with Gasteiger partial charge in [0.2, 0.25) is 10.0 Å². The molecule has 1 N–H and O–H groups in total. The Bertz CT molecular complexity index is 506. The van der Waals surface area contributed by atoms with E-state index in [0.717, 1.165) is 5.56 Å². The molecule has 0 radical (unpaired) electrons. The Labute approximate surface area is 95.7 Å². The largest absolute Gasteiger partial charge is 0.299 e. The van der Waals surface area contributed by atoms with Crippen molar-refractivity contribution in [3.8, 4) is 0 Å². The minimum Gasteiger partial charge on any atom is -0.299 e. The molecule has 0 aromatic heterocycles. The minimum absolute atomic E-state index is 0.171. The summed E-state index contributed by atoms with van der Waals surface area (Å²) in [4.78, 5) is 11.0. The van der Waals surface area contributed by atoms with Gasteiger partial charge in [0, 0.05) is 0 Å². The number of carbonyl (C=O) groups is 1. The van der Waals surface area contributed by atoms with Crippen molar-refractivity contribution < 1.29 is 13.2 Å². The maximum absolute atomic E-state index is 11.8. The highest BCUT2D eigenvalue weighted by Gasteiger charge is 2.16. The first kappa shape index (κ1) is 12.9. The summed E-state index contributed by atoms with van der Waals surface area (Å²) in [6, 6.07) is 5.07. The molecule has 0 saturated carbocycles. The number of nitrogens with one attached hydrogen (secondary N) is 1. The van der Waals surface area contributed by atoms with Gasteiger partial charge in [-0.25, -0.2) is 13.1 Å². The molecule has 0 bridgehead atoms. The Kier molecular flexibility index (Phi) is 3.83. The number of sulfonamides is 1. The highest BCUT2D eigenvalue weighted by atomic mass is 32.2. The number of rotatable bonds is 4. The fraction of sp³-hybridized carbons (Fsp3) is 0.364. The molecule has 16 heavy (non-hydrogen) atoms. The molecule has 0 unspecified atom stereocenters. The van der Waals surface area contributed by atoms with Crippen molar-refractivity contribution in [2.75, 3.05) is 6.54 Å². The second kappa shape index (κ2) is 4.76. The van der Waals surface area contributed by atoms with E-state index in [-0.39, 0.29) is 17.2 Å². The minimum atomic E-state index is -3.57. The SMILES string of the molecule is CC(=O)CNS(=O)(=O)c1ccc(C)cc1C. The Hall–Kier alpha value is -1.20. The lowest BCUT2D eigenvalue weighted by molar-refractivity contribution is -0.115. The summed E-state index contributed by atoms with van der Waals surface area (Å²) in [5, 5.41) is 0. The monoisotopic (exact) mass is 241 g/mol. The molecule has 0 aliphatic heterocycles. The van der Waals surface area contributed by atoms with Crippen molar-refractivity contribution in [2.24, 2.45) is 0 Å². The van der Waals surface area contributed by atoms with Crippen molar-refractivity contribution in [3.05, 3.63) is 29.3 Å². The Morgan fingerprint density at radius 2 is 1.94 bits per heavy atom. The van der Waals surface area contributed by atoms with E-state index in [4.69, 9.17) is 0 Å². The molecule has 0 atom stereocenters. The van der Waals surface area contributed by atoms with Crippen LogP contribution in [0, 0.1) is 13.8 Å². The van der Waals surface area contributed by atoms with Crippen LogP contribution in [0.5, 0.6) is 0 Å². The summed E-state index contributed by atoms with van der Waals surface area (Å²) in [7, 11) is -3.57. The van der Waals surface area contributed by atoms with Gasteiger partial charge in [0.05, 0.1) is 11.4 Å². The lowest BCUT2D eigenvalue weighted by atomic mass is 10.2. The predicted molar refractivity (Wildman–Crippen MR) is 61.8 cm³/mol. The van der Waals surface area contributed by atoms with Crippen LogP contribution in [0.4, 0.5) is 0 Å². The number of Topliss-reactive ketones (excluding diaryl/α,β-unsaturated/α-hetero) is 1. The third-order valence-corrected chi connectivity index (χ3v) is 3.69. The maximum atomic E-state index is 11.8. The first-order valence-corrected chi connectivity index (χ1v) is 6.37. The van der Waals surface area contributed by atoms with Crippen molar-refractivity contribution in [3.63, 3.8) is 0 Å². The third-order valence-electron chi connectivity index (χ3n) is 2.13. The van der Waals surface area contributed by atoms with Gasteiger partial charge in [-0.3, -0.25) is 4.79 Å². The topological polar surface area (TPSA) is 63.2 Å². The Morgan fingerprint density at radius 3 is 2.44 bits per heavy atom. The first-order valence-electron chi connectivity index (χ1n) is 4.89. The van der Waals surface area contributed by atoms with Crippen LogP contribution in [-0.2, 0) is 14.8 Å². The van der Waals surface area contributed by atoms with Crippen LogP contribution in [-0.4, -0.2) is 20.7 Å². The molecule has 0 saturated heterocycles. The zero-order valence-electron chi connectivity index (χ0n) is 9.57. The molecule has 0 aliphatic carbocycles. The average Bonchev–Trinajstić information content (AvgIpc) is 2.14. The highest BCUT2D eigenvalue weighted by Crippen LogP contribution is 2.15. The highest BCUT2D eigenvalue weighted by molar-refractivity contribution is 7.89. The van der Waals surface area contributed by atoms with Crippen LogP contribution >= 0.6 is 0 Å². The molecule has 1 rings (SSSR count). The fourth-order valence-corrected chi connectivity index (χ4v) is 2.65. The molecule has 5 heteroatoms. The van der Waals surface area contributed by atoms with Crippen LogP contribution in [0.1, 0.15) is 18.1 Å². The molecule has 0 amide bonds. The van der Waals surface area contributed by atoms with E-state index >= 15 is 0 Å². The van der Waals surface area contributed by atoms with E-state index < -0.39 is 10.0 Å². The smallest absolute Gasteiger partial charge is 0.241 e. The lowest BCUT2D eigenvalue weighted by Gasteiger charge is -2.08. The maximum Gasteiger partial charge on any atom is 0.241 e. The summed E-state index contributed by atoms with van der Waals surface area (Å²) in [6.07, 6.45) is 0. The Morgan fingerprint density at radius 1 is 1.31 bits per heavy atom. The fourth-order valence-electron chi connectivity index (χ4n) is 1.38. The molecule has 1 aromatic carbocycles. The zero-order chi connectivity index (χ0) is 12.3. The standard InChI is InChI=1S/C11H15NO3S/c1-8-4-5-11(9(2)6-8)16(14,15)12-7-10(3)13/h4-6,12H,7H2,1-3H3. The molecule has 0 spiro atoms. The number of aryl methyl sites for hydroxylation is 2. The van der Waals surface area contributed by atoms with Gasteiger partial charge in [0.1, 0.15) is 5.78 Å². The van der Waals surface area contributed by atoms with Gasteiger partial charge in [-0.05, 0) is 32.4 Å². The van der Waals surface area contributed by atoms with E-state index in [1.54, 1.807) is 25.1 Å².